The Morgan fingerprint density at radius 1 is 1.16 bits per heavy atom. The van der Waals surface area contributed by atoms with Gasteiger partial charge in [0.2, 0.25) is 11.1 Å². The molecule has 162 valence electrons. The van der Waals surface area contributed by atoms with E-state index in [1.807, 2.05) is 0 Å². The zero-order chi connectivity index (χ0) is 22.2. The number of esters is 1. The molecule has 0 saturated carbocycles. The number of thioether (sulfide) groups is 1. The predicted octanol–water partition coefficient (Wildman–Crippen LogP) is 2.62. The Bertz CT molecular complexity index is 1080. The molecule has 31 heavy (non-hydrogen) atoms. The van der Waals surface area contributed by atoms with Gasteiger partial charge in [0, 0.05) is 0 Å². The van der Waals surface area contributed by atoms with Crippen LogP contribution in [0.1, 0.15) is 23.1 Å². The molecule has 0 atom stereocenters. The number of rotatable bonds is 9. The number of nitrogen functional groups attached to an aromatic ring is 1. The smallest absolute Gasteiger partial charge is 0.340 e. The van der Waals surface area contributed by atoms with Crippen LogP contribution in [0.4, 0.5) is 10.1 Å². The normalized spacial score (nSPS) is 10.5. The zero-order valence-electron chi connectivity index (χ0n) is 16.6. The first-order valence-electron chi connectivity index (χ1n) is 9.25. The molecule has 1 aromatic heterocycles. The van der Waals surface area contributed by atoms with E-state index >= 15 is 0 Å². The van der Waals surface area contributed by atoms with Gasteiger partial charge in [-0.2, -0.15) is 0 Å². The van der Waals surface area contributed by atoms with Crippen molar-refractivity contribution in [3.63, 3.8) is 0 Å². The fourth-order valence-corrected chi connectivity index (χ4v) is 3.18. The predicted molar refractivity (Wildman–Crippen MR) is 113 cm³/mol. The second-order valence-electron chi connectivity index (χ2n) is 6.09. The second-order valence-corrected chi connectivity index (χ2v) is 7.03. The number of carbonyl (C=O) groups excluding carboxylic acids is 2. The maximum Gasteiger partial charge on any atom is 0.340 e. The molecule has 3 aromatic rings. The van der Waals surface area contributed by atoms with Crippen molar-refractivity contribution in [1.29, 1.82) is 0 Å². The van der Waals surface area contributed by atoms with Crippen molar-refractivity contribution in [2.24, 2.45) is 0 Å². The lowest BCUT2D eigenvalue weighted by atomic mass is 10.2. The number of anilines is 1. The minimum atomic E-state index is -0.521. The molecule has 0 aliphatic heterocycles. The molecule has 0 saturated heterocycles. The molecule has 9 nitrogen and oxygen atoms in total. The van der Waals surface area contributed by atoms with Crippen LogP contribution in [0.15, 0.2) is 53.7 Å². The van der Waals surface area contributed by atoms with Gasteiger partial charge in [-0.3, -0.25) is 4.79 Å². The Balaban J connectivity index is 1.57. The highest BCUT2D eigenvalue weighted by molar-refractivity contribution is 7.99. The Labute approximate surface area is 181 Å². The summed E-state index contributed by atoms with van der Waals surface area (Å²) in [4.78, 5) is 24.3. The highest BCUT2D eigenvalue weighted by Crippen LogP contribution is 2.20. The molecule has 1 amide bonds. The molecule has 0 aliphatic rings. The molecular formula is C20H20FN5O4S. The van der Waals surface area contributed by atoms with Gasteiger partial charge in [-0.25, -0.2) is 13.9 Å². The van der Waals surface area contributed by atoms with Gasteiger partial charge in [-0.1, -0.05) is 36.0 Å². The average Bonchev–Trinajstić information content (AvgIpc) is 3.11. The highest BCUT2D eigenvalue weighted by Gasteiger charge is 2.16. The number of carbonyl (C=O) groups is 2. The highest BCUT2D eigenvalue weighted by atomic mass is 32.2. The fourth-order valence-electron chi connectivity index (χ4n) is 2.50. The lowest BCUT2D eigenvalue weighted by Crippen LogP contribution is -2.19. The third kappa shape index (κ3) is 5.72. The van der Waals surface area contributed by atoms with E-state index in [9.17, 15) is 14.0 Å². The minimum absolute atomic E-state index is 0.0271. The van der Waals surface area contributed by atoms with Crippen molar-refractivity contribution < 1.29 is 23.5 Å². The Hall–Kier alpha value is -3.60. The molecule has 0 bridgehead atoms. The summed E-state index contributed by atoms with van der Waals surface area (Å²) in [5, 5.41) is 10.8. The number of ether oxygens (including phenoxy) is 2. The van der Waals surface area contributed by atoms with Gasteiger partial charge in [-0.15, -0.1) is 10.2 Å². The molecule has 0 aliphatic carbocycles. The molecule has 0 unspecified atom stereocenters. The third-order valence-corrected chi connectivity index (χ3v) is 4.90. The van der Waals surface area contributed by atoms with E-state index in [0.29, 0.717) is 5.69 Å². The maximum atomic E-state index is 13.6. The number of amides is 1. The molecule has 2 aromatic carbocycles. The van der Waals surface area contributed by atoms with Crippen LogP contribution in [0.3, 0.4) is 0 Å². The number of aromatic nitrogens is 3. The van der Waals surface area contributed by atoms with E-state index in [-0.39, 0.29) is 47.2 Å². The van der Waals surface area contributed by atoms with Crippen molar-refractivity contribution in [2.45, 2.75) is 18.7 Å². The summed E-state index contributed by atoms with van der Waals surface area (Å²) >= 11 is 1.05. The quantitative estimate of drug-likeness (QED) is 0.293. The summed E-state index contributed by atoms with van der Waals surface area (Å²) < 4.78 is 25.2. The summed E-state index contributed by atoms with van der Waals surface area (Å²) in [5.41, 5.74) is 0.608. The number of para-hydroxylation sites is 2. The minimum Gasteiger partial charge on any atom is -0.482 e. The zero-order valence-corrected chi connectivity index (χ0v) is 17.4. The van der Waals surface area contributed by atoms with Gasteiger partial charge < -0.3 is 20.6 Å². The van der Waals surface area contributed by atoms with Crippen LogP contribution < -0.4 is 15.9 Å². The van der Waals surface area contributed by atoms with Crippen LogP contribution in [0.5, 0.6) is 5.75 Å². The Kier molecular flexibility index (Phi) is 7.44. The number of halogens is 1. The van der Waals surface area contributed by atoms with E-state index in [4.69, 9.17) is 15.3 Å². The molecule has 0 spiro atoms. The van der Waals surface area contributed by atoms with Gasteiger partial charge in [-0.05, 0) is 31.2 Å². The third-order valence-electron chi connectivity index (χ3n) is 3.96. The van der Waals surface area contributed by atoms with Gasteiger partial charge in [0.05, 0.1) is 23.6 Å². The van der Waals surface area contributed by atoms with Crippen LogP contribution >= 0.6 is 11.8 Å². The van der Waals surface area contributed by atoms with E-state index < -0.39 is 11.8 Å². The molecule has 1 heterocycles. The van der Waals surface area contributed by atoms with Crippen LogP contribution in [0.25, 0.3) is 0 Å². The maximum absolute atomic E-state index is 13.6. The lowest BCUT2D eigenvalue weighted by Gasteiger charge is -2.10. The monoisotopic (exact) mass is 445 g/mol. The number of hydrogen-bond acceptors (Lipinski definition) is 8. The number of hydrogen-bond donors (Lipinski definition) is 2. The molecule has 0 fully saturated rings. The first-order valence-corrected chi connectivity index (χ1v) is 10.2. The van der Waals surface area contributed by atoms with E-state index in [0.717, 1.165) is 11.8 Å². The number of benzene rings is 2. The van der Waals surface area contributed by atoms with Crippen LogP contribution in [0, 0.1) is 5.82 Å². The first kappa shape index (κ1) is 22.1. The van der Waals surface area contributed by atoms with Crippen LogP contribution in [0.2, 0.25) is 0 Å². The SMILES string of the molecule is CCOC(=O)c1ccccc1NC(=O)CSc1nnc(COc2ccccc2F)n1N. The van der Waals surface area contributed by atoms with Crippen LogP contribution in [-0.2, 0) is 16.1 Å². The Morgan fingerprint density at radius 2 is 1.90 bits per heavy atom. The van der Waals surface area contributed by atoms with E-state index in [1.165, 1.54) is 16.8 Å². The summed E-state index contributed by atoms with van der Waals surface area (Å²) in [6, 6.07) is 12.5. The largest absolute Gasteiger partial charge is 0.482 e. The van der Waals surface area contributed by atoms with Gasteiger partial charge in [0.1, 0.15) is 6.61 Å². The molecule has 3 N–H and O–H groups in total. The summed E-state index contributed by atoms with van der Waals surface area (Å²) in [6.45, 7) is 1.84. The molecular weight excluding hydrogens is 425 g/mol. The van der Waals surface area contributed by atoms with Crippen molar-refractivity contribution in [3.05, 3.63) is 65.7 Å². The summed E-state index contributed by atoms with van der Waals surface area (Å²) in [5.74, 6) is 4.86. The second kappa shape index (κ2) is 10.4. The van der Waals surface area contributed by atoms with Crippen molar-refractivity contribution >= 4 is 29.3 Å². The summed E-state index contributed by atoms with van der Waals surface area (Å²) in [7, 11) is 0. The van der Waals surface area contributed by atoms with Crippen molar-refractivity contribution in [2.75, 3.05) is 23.5 Å². The van der Waals surface area contributed by atoms with Gasteiger partial charge >= 0.3 is 5.97 Å². The Morgan fingerprint density at radius 3 is 2.68 bits per heavy atom. The molecule has 3 rings (SSSR count). The number of nitrogens with two attached hydrogens (primary N) is 1. The molecule has 11 heteroatoms. The summed E-state index contributed by atoms with van der Waals surface area (Å²) in [6.07, 6.45) is 0. The van der Waals surface area contributed by atoms with Gasteiger partial charge in [0.25, 0.3) is 0 Å². The van der Waals surface area contributed by atoms with Crippen molar-refractivity contribution in [3.8, 4) is 5.75 Å². The number of nitrogens with zero attached hydrogens (tertiary/aromatic N) is 3. The van der Waals surface area contributed by atoms with E-state index in [2.05, 4.69) is 15.5 Å². The topological polar surface area (TPSA) is 121 Å². The fraction of sp³-hybridized carbons (Fsp3) is 0.200. The molecule has 0 radical (unpaired) electrons. The number of nitrogens with one attached hydrogen (secondary N) is 1. The van der Waals surface area contributed by atoms with Crippen molar-refractivity contribution in [1.82, 2.24) is 14.9 Å². The van der Waals surface area contributed by atoms with E-state index in [1.54, 1.807) is 43.3 Å². The van der Waals surface area contributed by atoms with Gasteiger partial charge in [0.15, 0.2) is 17.4 Å². The first-order chi connectivity index (χ1) is 15.0. The van der Waals surface area contributed by atoms with Crippen LogP contribution in [-0.4, -0.2) is 39.1 Å². The standard InChI is InChI=1S/C20H20FN5O4S/c1-2-29-19(28)13-7-3-5-9-15(13)23-18(27)12-31-20-25-24-17(26(20)22)11-30-16-10-6-4-8-14(16)21/h3-10H,2,11-12,22H2,1H3,(H,23,27). The average molecular weight is 445 g/mol. The lowest BCUT2D eigenvalue weighted by molar-refractivity contribution is -0.113.